The smallest absolute Gasteiger partial charge is 0.238 e. The van der Waals surface area contributed by atoms with Gasteiger partial charge in [-0.3, -0.25) is 9.69 Å². The highest BCUT2D eigenvalue weighted by atomic mass is 32.1. The summed E-state index contributed by atoms with van der Waals surface area (Å²) in [6.07, 6.45) is 2.30. The van der Waals surface area contributed by atoms with Crippen molar-refractivity contribution in [1.82, 2.24) is 15.1 Å². The second-order valence-corrected chi connectivity index (χ2v) is 6.65. The number of anilines is 1. The molecule has 0 aliphatic carbocycles. The van der Waals surface area contributed by atoms with E-state index in [1.165, 1.54) is 12.0 Å². The first kappa shape index (κ1) is 18.7. The van der Waals surface area contributed by atoms with E-state index >= 15 is 0 Å². The van der Waals surface area contributed by atoms with Gasteiger partial charge in [-0.05, 0) is 37.7 Å². The van der Waals surface area contributed by atoms with Gasteiger partial charge >= 0.3 is 0 Å². The second kappa shape index (κ2) is 9.59. The maximum Gasteiger partial charge on any atom is 0.238 e. The summed E-state index contributed by atoms with van der Waals surface area (Å²) in [6.45, 7) is 9.03. The van der Waals surface area contributed by atoms with E-state index in [0.29, 0.717) is 6.54 Å². The number of unbranched alkanes of at least 4 members (excludes halogenated alkanes) is 1. The number of rotatable bonds is 6. The molecule has 132 valence electrons. The van der Waals surface area contributed by atoms with E-state index < -0.39 is 0 Å². The summed E-state index contributed by atoms with van der Waals surface area (Å²) in [4.78, 5) is 16.5. The Morgan fingerprint density at radius 2 is 1.83 bits per heavy atom. The van der Waals surface area contributed by atoms with Gasteiger partial charge in [-0.25, -0.2) is 0 Å². The van der Waals surface area contributed by atoms with Crippen LogP contribution in [0.1, 0.15) is 25.3 Å². The number of carbonyl (C=O) groups is 1. The summed E-state index contributed by atoms with van der Waals surface area (Å²) >= 11 is 5.43. The molecular formula is C18H28N4OS. The van der Waals surface area contributed by atoms with Crippen LogP contribution in [0.3, 0.4) is 0 Å². The van der Waals surface area contributed by atoms with Gasteiger partial charge in [0.1, 0.15) is 0 Å². The zero-order chi connectivity index (χ0) is 17.4. The summed E-state index contributed by atoms with van der Waals surface area (Å²) < 4.78 is 0. The Bertz CT molecular complexity index is 538. The van der Waals surface area contributed by atoms with Crippen LogP contribution in [0.2, 0.25) is 0 Å². The molecule has 1 aromatic rings. The van der Waals surface area contributed by atoms with Crippen molar-refractivity contribution < 1.29 is 4.79 Å². The molecule has 0 spiro atoms. The fourth-order valence-corrected chi connectivity index (χ4v) is 2.92. The molecule has 1 amide bonds. The number of hydrogen-bond donors (Lipinski definition) is 2. The van der Waals surface area contributed by atoms with E-state index in [1.54, 1.807) is 0 Å². The van der Waals surface area contributed by atoms with Crippen LogP contribution in [0.4, 0.5) is 5.69 Å². The Balaban J connectivity index is 1.69. The third kappa shape index (κ3) is 6.09. The van der Waals surface area contributed by atoms with Crippen LogP contribution in [0, 0.1) is 6.92 Å². The summed E-state index contributed by atoms with van der Waals surface area (Å²) in [5.41, 5.74) is 2.04. The third-order valence-electron chi connectivity index (χ3n) is 4.17. The van der Waals surface area contributed by atoms with Crippen molar-refractivity contribution in [2.45, 2.75) is 26.7 Å². The molecule has 1 aliphatic heterocycles. The van der Waals surface area contributed by atoms with Crippen LogP contribution in [0.15, 0.2) is 24.3 Å². The van der Waals surface area contributed by atoms with Crippen molar-refractivity contribution in [3.63, 3.8) is 0 Å². The van der Waals surface area contributed by atoms with Gasteiger partial charge in [0.25, 0.3) is 0 Å². The van der Waals surface area contributed by atoms with E-state index in [2.05, 4.69) is 27.4 Å². The average molecular weight is 349 g/mol. The lowest BCUT2D eigenvalue weighted by Crippen LogP contribution is -2.53. The Morgan fingerprint density at radius 3 is 2.46 bits per heavy atom. The largest absolute Gasteiger partial charge is 0.363 e. The van der Waals surface area contributed by atoms with E-state index in [0.717, 1.165) is 49.9 Å². The highest BCUT2D eigenvalue weighted by molar-refractivity contribution is 7.80. The molecule has 1 aliphatic rings. The van der Waals surface area contributed by atoms with Crippen LogP contribution >= 0.6 is 12.2 Å². The normalized spacial score (nSPS) is 15.2. The van der Waals surface area contributed by atoms with E-state index in [1.807, 2.05) is 31.2 Å². The van der Waals surface area contributed by atoms with Crippen LogP contribution in [0.25, 0.3) is 0 Å². The van der Waals surface area contributed by atoms with Crippen LogP contribution in [0.5, 0.6) is 0 Å². The minimum atomic E-state index is 0.0379. The molecule has 0 aromatic heterocycles. The molecule has 24 heavy (non-hydrogen) atoms. The van der Waals surface area contributed by atoms with Crippen LogP contribution in [-0.2, 0) is 4.79 Å². The number of carbonyl (C=O) groups excluding carboxylic acids is 1. The zero-order valence-corrected chi connectivity index (χ0v) is 15.5. The van der Waals surface area contributed by atoms with Gasteiger partial charge in [-0.15, -0.1) is 0 Å². The predicted molar refractivity (Wildman–Crippen MR) is 103 cm³/mol. The Morgan fingerprint density at radius 1 is 1.17 bits per heavy atom. The van der Waals surface area contributed by atoms with Gasteiger partial charge in [0.2, 0.25) is 5.91 Å². The topological polar surface area (TPSA) is 47.6 Å². The molecule has 6 heteroatoms. The molecule has 0 atom stereocenters. The first-order chi connectivity index (χ1) is 11.6. The summed E-state index contributed by atoms with van der Waals surface area (Å²) in [7, 11) is 0. The first-order valence-electron chi connectivity index (χ1n) is 8.70. The van der Waals surface area contributed by atoms with Crippen molar-refractivity contribution in [2.75, 3.05) is 44.6 Å². The fourth-order valence-electron chi connectivity index (χ4n) is 2.63. The van der Waals surface area contributed by atoms with Gasteiger partial charge in [0, 0.05) is 38.4 Å². The highest BCUT2D eigenvalue weighted by Crippen LogP contribution is 2.09. The van der Waals surface area contributed by atoms with E-state index in [-0.39, 0.29) is 5.91 Å². The lowest BCUT2D eigenvalue weighted by Gasteiger charge is -2.35. The Labute approximate surface area is 150 Å². The molecule has 1 fully saturated rings. The number of piperazine rings is 1. The number of aryl methyl sites for hydroxylation is 1. The highest BCUT2D eigenvalue weighted by Gasteiger charge is 2.20. The fraction of sp³-hybridized carbons (Fsp3) is 0.556. The SMILES string of the molecule is CCCCNC(=S)N1CCN(CC(=O)Nc2ccc(C)cc2)CC1. The number of nitrogens with zero attached hydrogens (tertiary/aromatic N) is 2. The first-order valence-corrected chi connectivity index (χ1v) is 9.11. The quantitative estimate of drug-likeness (QED) is 0.610. The second-order valence-electron chi connectivity index (χ2n) is 6.26. The molecule has 1 saturated heterocycles. The summed E-state index contributed by atoms with van der Waals surface area (Å²) in [5, 5.41) is 7.10. The van der Waals surface area contributed by atoms with Crippen LogP contribution in [-0.4, -0.2) is 60.1 Å². The van der Waals surface area contributed by atoms with Crippen molar-refractivity contribution >= 4 is 28.9 Å². The van der Waals surface area contributed by atoms with Gasteiger partial charge in [0.15, 0.2) is 5.11 Å². The molecule has 0 unspecified atom stereocenters. The van der Waals surface area contributed by atoms with Crippen LogP contribution < -0.4 is 10.6 Å². The average Bonchev–Trinajstić information content (AvgIpc) is 2.58. The lowest BCUT2D eigenvalue weighted by molar-refractivity contribution is -0.117. The number of nitrogens with one attached hydrogen (secondary N) is 2. The Kier molecular flexibility index (Phi) is 7.46. The molecule has 1 aromatic carbocycles. The lowest BCUT2D eigenvalue weighted by atomic mass is 10.2. The van der Waals surface area contributed by atoms with Crippen molar-refractivity contribution in [3.8, 4) is 0 Å². The van der Waals surface area contributed by atoms with Crippen molar-refractivity contribution in [2.24, 2.45) is 0 Å². The zero-order valence-electron chi connectivity index (χ0n) is 14.7. The molecule has 2 N–H and O–H groups in total. The van der Waals surface area contributed by atoms with Crippen molar-refractivity contribution in [3.05, 3.63) is 29.8 Å². The molecule has 5 nitrogen and oxygen atoms in total. The molecule has 2 rings (SSSR count). The summed E-state index contributed by atoms with van der Waals surface area (Å²) in [6, 6.07) is 7.87. The van der Waals surface area contributed by atoms with E-state index in [4.69, 9.17) is 12.2 Å². The molecule has 0 saturated carbocycles. The molecule has 0 bridgehead atoms. The van der Waals surface area contributed by atoms with Gasteiger partial charge < -0.3 is 15.5 Å². The standard InChI is InChI=1S/C18H28N4OS/c1-3-4-9-19-18(24)22-12-10-21(11-13-22)14-17(23)20-16-7-5-15(2)6-8-16/h5-8H,3-4,9-14H2,1-2H3,(H,19,24)(H,20,23). The molecule has 0 radical (unpaired) electrons. The predicted octanol–water partition coefficient (Wildman–Crippen LogP) is 2.23. The van der Waals surface area contributed by atoms with Gasteiger partial charge in [-0.2, -0.15) is 0 Å². The van der Waals surface area contributed by atoms with Gasteiger partial charge in [-0.1, -0.05) is 31.0 Å². The molecular weight excluding hydrogens is 320 g/mol. The number of hydrogen-bond acceptors (Lipinski definition) is 3. The molecule has 1 heterocycles. The maximum absolute atomic E-state index is 12.2. The minimum absolute atomic E-state index is 0.0379. The summed E-state index contributed by atoms with van der Waals surface area (Å²) in [5.74, 6) is 0.0379. The number of benzene rings is 1. The van der Waals surface area contributed by atoms with Gasteiger partial charge in [0.05, 0.1) is 6.54 Å². The van der Waals surface area contributed by atoms with Crippen molar-refractivity contribution in [1.29, 1.82) is 0 Å². The monoisotopic (exact) mass is 348 g/mol. The Hall–Kier alpha value is -1.66. The third-order valence-corrected chi connectivity index (χ3v) is 4.57. The minimum Gasteiger partial charge on any atom is -0.363 e. The number of thiocarbonyl (C=S) groups is 1. The number of amides is 1. The van der Waals surface area contributed by atoms with E-state index in [9.17, 15) is 4.79 Å². The maximum atomic E-state index is 12.2.